The van der Waals surface area contributed by atoms with Crippen molar-refractivity contribution in [2.75, 3.05) is 12.4 Å². The molecule has 3 aromatic carbocycles. The van der Waals surface area contributed by atoms with Gasteiger partial charge in [0.1, 0.15) is 6.61 Å². The number of ether oxygens (including phenoxy) is 1. The van der Waals surface area contributed by atoms with Crippen molar-refractivity contribution < 1.29 is 9.53 Å². The molecule has 1 aromatic heterocycles. The van der Waals surface area contributed by atoms with Gasteiger partial charge in [0.2, 0.25) is 0 Å². The van der Waals surface area contributed by atoms with Crippen molar-refractivity contribution >= 4 is 39.3 Å². The number of aryl methyl sites for hydroxylation is 1. The average molecular weight is 371 g/mol. The van der Waals surface area contributed by atoms with Crippen molar-refractivity contribution in [1.29, 1.82) is 0 Å². The highest BCUT2D eigenvalue weighted by Gasteiger charge is 2.10. The van der Waals surface area contributed by atoms with Crippen molar-refractivity contribution in [3.05, 3.63) is 77.9 Å². The lowest BCUT2D eigenvalue weighted by Crippen LogP contribution is -2.18. The first kappa shape index (κ1) is 17.8. The predicted molar refractivity (Wildman–Crippen MR) is 113 cm³/mol. The SMILES string of the molecule is CNC(=O)OCc1cccc(Nc2c3ccccc3nc3ccc(C)cc23)c1. The van der Waals surface area contributed by atoms with E-state index in [4.69, 9.17) is 9.72 Å². The molecule has 0 spiro atoms. The van der Waals surface area contributed by atoms with Crippen LogP contribution in [0.3, 0.4) is 0 Å². The summed E-state index contributed by atoms with van der Waals surface area (Å²) >= 11 is 0. The molecule has 1 heterocycles. The van der Waals surface area contributed by atoms with E-state index < -0.39 is 6.09 Å². The quantitative estimate of drug-likeness (QED) is 0.478. The minimum Gasteiger partial charge on any atom is -0.445 e. The maximum absolute atomic E-state index is 11.3. The van der Waals surface area contributed by atoms with Crippen LogP contribution < -0.4 is 10.6 Å². The van der Waals surface area contributed by atoms with Crippen LogP contribution in [0, 0.1) is 6.92 Å². The number of aromatic nitrogens is 1. The van der Waals surface area contributed by atoms with Gasteiger partial charge in [-0.1, -0.05) is 42.0 Å². The van der Waals surface area contributed by atoms with Crippen molar-refractivity contribution in [1.82, 2.24) is 10.3 Å². The Kier molecular flexibility index (Phi) is 4.81. The molecule has 0 unspecified atom stereocenters. The molecule has 4 aromatic rings. The van der Waals surface area contributed by atoms with Crippen LogP contribution in [-0.2, 0) is 11.3 Å². The monoisotopic (exact) mass is 371 g/mol. The lowest BCUT2D eigenvalue weighted by molar-refractivity contribution is 0.142. The summed E-state index contributed by atoms with van der Waals surface area (Å²) in [6.45, 7) is 2.29. The van der Waals surface area contributed by atoms with Crippen LogP contribution in [-0.4, -0.2) is 18.1 Å². The molecule has 0 radical (unpaired) electrons. The van der Waals surface area contributed by atoms with Gasteiger partial charge < -0.3 is 15.4 Å². The summed E-state index contributed by atoms with van der Waals surface area (Å²) < 4.78 is 5.15. The van der Waals surface area contributed by atoms with E-state index in [2.05, 4.69) is 41.8 Å². The van der Waals surface area contributed by atoms with E-state index in [1.165, 1.54) is 5.56 Å². The maximum Gasteiger partial charge on any atom is 0.407 e. The molecule has 0 saturated heterocycles. The Balaban J connectivity index is 1.76. The Hall–Kier alpha value is -3.60. The third kappa shape index (κ3) is 3.60. The third-order valence-electron chi connectivity index (χ3n) is 4.61. The molecule has 1 amide bonds. The highest BCUT2D eigenvalue weighted by Crippen LogP contribution is 2.33. The summed E-state index contributed by atoms with van der Waals surface area (Å²) in [5.41, 5.74) is 5.94. The van der Waals surface area contributed by atoms with Crippen molar-refractivity contribution in [2.24, 2.45) is 0 Å². The first-order valence-corrected chi connectivity index (χ1v) is 9.13. The number of hydrogen-bond donors (Lipinski definition) is 2. The van der Waals surface area contributed by atoms with Crippen LogP contribution in [0.15, 0.2) is 66.7 Å². The van der Waals surface area contributed by atoms with Crippen LogP contribution in [0.25, 0.3) is 21.8 Å². The number of nitrogens with one attached hydrogen (secondary N) is 2. The van der Waals surface area contributed by atoms with E-state index in [1.54, 1.807) is 7.05 Å². The number of nitrogens with zero attached hydrogens (tertiary/aromatic N) is 1. The minimum atomic E-state index is -0.444. The van der Waals surface area contributed by atoms with Crippen LogP contribution in [0.5, 0.6) is 0 Å². The number of amides is 1. The van der Waals surface area contributed by atoms with Gasteiger partial charge in [0.05, 0.1) is 16.7 Å². The van der Waals surface area contributed by atoms with Crippen LogP contribution in [0.4, 0.5) is 16.2 Å². The third-order valence-corrected chi connectivity index (χ3v) is 4.61. The molecule has 5 nitrogen and oxygen atoms in total. The Bertz CT molecular complexity index is 1170. The van der Waals surface area contributed by atoms with Gasteiger partial charge in [-0.3, -0.25) is 0 Å². The predicted octanol–water partition coefficient (Wildman–Crippen LogP) is 5.30. The number of hydrogen-bond acceptors (Lipinski definition) is 4. The topological polar surface area (TPSA) is 63.2 Å². The largest absolute Gasteiger partial charge is 0.445 e. The van der Waals surface area contributed by atoms with Gasteiger partial charge in [0, 0.05) is 23.5 Å². The van der Waals surface area contributed by atoms with Crippen molar-refractivity contribution in [3.8, 4) is 0 Å². The van der Waals surface area contributed by atoms with Crippen LogP contribution in [0.2, 0.25) is 0 Å². The van der Waals surface area contributed by atoms with E-state index in [-0.39, 0.29) is 6.61 Å². The maximum atomic E-state index is 11.3. The zero-order valence-corrected chi connectivity index (χ0v) is 15.8. The average Bonchev–Trinajstić information content (AvgIpc) is 2.72. The molecular weight excluding hydrogens is 350 g/mol. The Labute approximate surface area is 163 Å². The van der Waals surface area contributed by atoms with E-state index in [0.29, 0.717) is 0 Å². The number of anilines is 2. The smallest absolute Gasteiger partial charge is 0.407 e. The van der Waals surface area contributed by atoms with Crippen LogP contribution >= 0.6 is 0 Å². The summed E-state index contributed by atoms with van der Waals surface area (Å²) in [6, 6.07) is 22.2. The fraction of sp³-hybridized carbons (Fsp3) is 0.130. The number of fused-ring (bicyclic) bond motifs is 2. The highest BCUT2D eigenvalue weighted by molar-refractivity contribution is 6.08. The molecule has 0 atom stereocenters. The summed E-state index contributed by atoms with van der Waals surface area (Å²) in [6.07, 6.45) is -0.444. The summed E-state index contributed by atoms with van der Waals surface area (Å²) in [5.74, 6) is 0. The van der Waals surface area contributed by atoms with Gasteiger partial charge in [-0.25, -0.2) is 9.78 Å². The van der Waals surface area contributed by atoms with Crippen molar-refractivity contribution in [2.45, 2.75) is 13.5 Å². The number of para-hydroxylation sites is 1. The second-order valence-corrected chi connectivity index (χ2v) is 6.68. The molecule has 140 valence electrons. The Morgan fingerprint density at radius 1 is 0.964 bits per heavy atom. The second-order valence-electron chi connectivity index (χ2n) is 6.68. The van der Waals surface area contributed by atoms with Gasteiger partial charge in [0.25, 0.3) is 0 Å². The molecular formula is C23H21N3O2. The summed E-state index contributed by atoms with van der Waals surface area (Å²) in [4.78, 5) is 16.1. The molecule has 4 rings (SSSR count). The first-order chi connectivity index (χ1) is 13.6. The normalized spacial score (nSPS) is 10.8. The lowest BCUT2D eigenvalue weighted by atomic mass is 10.1. The van der Waals surface area contributed by atoms with Crippen LogP contribution in [0.1, 0.15) is 11.1 Å². The van der Waals surface area contributed by atoms with Gasteiger partial charge in [0.15, 0.2) is 0 Å². The van der Waals surface area contributed by atoms with E-state index in [0.717, 1.165) is 38.7 Å². The van der Waals surface area contributed by atoms with Gasteiger partial charge in [-0.2, -0.15) is 0 Å². The zero-order valence-electron chi connectivity index (χ0n) is 15.8. The minimum absolute atomic E-state index is 0.214. The van der Waals surface area contributed by atoms with Gasteiger partial charge >= 0.3 is 6.09 Å². The molecule has 0 saturated carbocycles. The van der Waals surface area contributed by atoms with E-state index in [9.17, 15) is 4.79 Å². The number of benzene rings is 3. The fourth-order valence-corrected chi connectivity index (χ4v) is 3.24. The number of rotatable bonds is 4. The number of alkyl carbamates (subject to hydrolysis) is 1. The van der Waals surface area contributed by atoms with Gasteiger partial charge in [-0.05, 0) is 42.8 Å². The molecule has 0 aliphatic heterocycles. The fourth-order valence-electron chi connectivity index (χ4n) is 3.24. The standard InChI is InChI=1S/C23H21N3O2/c1-15-10-11-21-19(12-15)22(18-8-3-4-9-20(18)26-21)25-17-7-5-6-16(13-17)14-28-23(27)24-2/h3-13H,14H2,1-2H3,(H,24,27)(H,25,26). The first-order valence-electron chi connectivity index (χ1n) is 9.13. The molecule has 0 bridgehead atoms. The molecule has 0 aliphatic carbocycles. The second kappa shape index (κ2) is 7.56. The number of carbonyl (C=O) groups excluding carboxylic acids is 1. The molecule has 5 heteroatoms. The number of pyridine rings is 1. The van der Waals surface area contributed by atoms with Crippen molar-refractivity contribution in [3.63, 3.8) is 0 Å². The lowest BCUT2D eigenvalue weighted by Gasteiger charge is -2.14. The zero-order chi connectivity index (χ0) is 19.5. The van der Waals surface area contributed by atoms with E-state index >= 15 is 0 Å². The summed E-state index contributed by atoms with van der Waals surface area (Å²) in [5, 5.41) is 8.15. The Morgan fingerprint density at radius 3 is 2.64 bits per heavy atom. The Morgan fingerprint density at radius 2 is 1.79 bits per heavy atom. The molecule has 0 fully saturated rings. The van der Waals surface area contributed by atoms with E-state index in [1.807, 2.05) is 42.5 Å². The summed E-state index contributed by atoms with van der Waals surface area (Å²) in [7, 11) is 1.54. The van der Waals surface area contributed by atoms with Gasteiger partial charge in [-0.15, -0.1) is 0 Å². The molecule has 0 aliphatic rings. The molecule has 2 N–H and O–H groups in total. The highest BCUT2D eigenvalue weighted by atomic mass is 16.5. The molecule has 28 heavy (non-hydrogen) atoms. The number of carbonyl (C=O) groups is 1.